The molecule has 11 heteroatoms. The lowest BCUT2D eigenvalue weighted by molar-refractivity contribution is -0.270. The molecule has 0 unspecified atom stereocenters. The number of cyclic esters (lactones) is 1. The van der Waals surface area contributed by atoms with Crippen LogP contribution in [0.4, 0.5) is 0 Å². The zero-order chi connectivity index (χ0) is 30.1. The van der Waals surface area contributed by atoms with Crippen molar-refractivity contribution < 1.29 is 52.2 Å². The van der Waals surface area contributed by atoms with Gasteiger partial charge in [-0.05, 0) is 56.0 Å². The van der Waals surface area contributed by atoms with Gasteiger partial charge < -0.3 is 47.4 Å². The van der Waals surface area contributed by atoms with Gasteiger partial charge in [0.1, 0.15) is 30.7 Å². The molecule has 0 N–H and O–H groups in total. The summed E-state index contributed by atoms with van der Waals surface area (Å²) in [7, 11) is 3.13. The molecule has 0 spiro atoms. The van der Waals surface area contributed by atoms with Gasteiger partial charge >= 0.3 is 5.97 Å². The summed E-state index contributed by atoms with van der Waals surface area (Å²) in [6.45, 7) is 7.53. The van der Waals surface area contributed by atoms with Crippen molar-refractivity contribution in [1.29, 1.82) is 0 Å². The molecule has 0 saturated carbocycles. The second kappa shape index (κ2) is 12.5. The third-order valence-corrected chi connectivity index (χ3v) is 7.79. The van der Waals surface area contributed by atoms with Crippen molar-refractivity contribution in [3.63, 3.8) is 0 Å². The number of hydrogen-bond acceptors (Lipinski definition) is 11. The van der Waals surface area contributed by atoms with Gasteiger partial charge in [0.05, 0.1) is 26.4 Å². The van der Waals surface area contributed by atoms with Gasteiger partial charge in [-0.15, -0.1) is 0 Å². The van der Waals surface area contributed by atoms with Crippen LogP contribution < -0.4 is 23.7 Å². The highest BCUT2D eigenvalue weighted by Crippen LogP contribution is 2.49. The Morgan fingerprint density at radius 2 is 1.49 bits per heavy atom. The first kappa shape index (κ1) is 29.3. The Balaban J connectivity index is 1.54. The Labute approximate surface area is 249 Å². The van der Waals surface area contributed by atoms with Crippen molar-refractivity contribution in [2.24, 2.45) is 0 Å². The highest BCUT2D eigenvalue weighted by Gasteiger charge is 2.45. The second-order valence-corrected chi connectivity index (χ2v) is 10.1. The SMILES string of the molecule is CCO[C@@H]1[C@@H](OCC)[C@H](Oc2c3c(c(-c4ccc5c(c4)OCO5)c4cc(OC)c(OC)cc24)C(=O)OC3)OC[C@H]1OCC. The predicted octanol–water partition coefficient (Wildman–Crippen LogP) is 4.87. The van der Waals surface area contributed by atoms with Crippen LogP contribution in [0.15, 0.2) is 30.3 Å². The molecule has 0 aromatic heterocycles. The molecule has 3 aromatic carbocycles. The normalized spacial score (nSPS) is 22.4. The van der Waals surface area contributed by atoms with Gasteiger partial charge in [0.25, 0.3) is 0 Å². The van der Waals surface area contributed by atoms with E-state index in [0.29, 0.717) is 76.0 Å². The van der Waals surface area contributed by atoms with E-state index in [0.717, 1.165) is 5.56 Å². The van der Waals surface area contributed by atoms with Crippen molar-refractivity contribution in [3.8, 4) is 39.9 Å². The molecule has 6 rings (SSSR count). The average Bonchev–Trinajstić information content (AvgIpc) is 3.65. The molecular formula is C32H36O11. The monoisotopic (exact) mass is 596 g/mol. The van der Waals surface area contributed by atoms with E-state index in [1.54, 1.807) is 14.2 Å². The molecule has 3 aliphatic heterocycles. The number of benzene rings is 3. The molecule has 1 fully saturated rings. The summed E-state index contributed by atoms with van der Waals surface area (Å²) in [5.74, 6) is 2.19. The summed E-state index contributed by atoms with van der Waals surface area (Å²) in [5, 5.41) is 1.38. The number of esters is 1. The second-order valence-electron chi connectivity index (χ2n) is 10.1. The van der Waals surface area contributed by atoms with E-state index in [1.165, 1.54) is 0 Å². The zero-order valence-corrected chi connectivity index (χ0v) is 24.9. The Morgan fingerprint density at radius 3 is 2.21 bits per heavy atom. The molecule has 0 amide bonds. The van der Waals surface area contributed by atoms with E-state index in [4.69, 9.17) is 47.4 Å². The number of carbonyl (C=O) groups is 1. The highest BCUT2D eigenvalue weighted by molar-refractivity contribution is 6.14. The molecule has 3 aliphatic rings. The minimum Gasteiger partial charge on any atom is -0.493 e. The third-order valence-electron chi connectivity index (χ3n) is 7.79. The lowest BCUT2D eigenvalue weighted by Gasteiger charge is -2.41. The molecule has 230 valence electrons. The first-order chi connectivity index (χ1) is 21.0. The Kier molecular flexibility index (Phi) is 8.49. The maximum absolute atomic E-state index is 13.4. The van der Waals surface area contributed by atoms with E-state index in [-0.39, 0.29) is 26.1 Å². The van der Waals surface area contributed by atoms with Gasteiger partial charge in [-0.2, -0.15) is 0 Å². The van der Waals surface area contributed by atoms with Gasteiger partial charge in [0.15, 0.2) is 23.0 Å². The fraction of sp³-hybridized carbons (Fsp3) is 0.469. The van der Waals surface area contributed by atoms with Gasteiger partial charge in [0.2, 0.25) is 13.1 Å². The van der Waals surface area contributed by atoms with E-state index < -0.39 is 24.5 Å². The van der Waals surface area contributed by atoms with E-state index in [2.05, 4.69) is 0 Å². The van der Waals surface area contributed by atoms with Crippen molar-refractivity contribution in [2.45, 2.75) is 52.0 Å². The number of rotatable bonds is 11. The van der Waals surface area contributed by atoms with Crippen LogP contribution in [0.3, 0.4) is 0 Å². The summed E-state index contributed by atoms with van der Waals surface area (Å²) < 4.78 is 59.3. The third kappa shape index (κ3) is 5.20. The number of hydrogen-bond donors (Lipinski definition) is 0. The molecule has 11 nitrogen and oxygen atoms in total. The fourth-order valence-electron chi connectivity index (χ4n) is 5.98. The topological polar surface area (TPSA) is 109 Å². The smallest absolute Gasteiger partial charge is 0.339 e. The molecule has 3 aromatic rings. The largest absolute Gasteiger partial charge is 0.493 e. The maximum Gasteiger partial charge on any atom is 0.339 e. The Hall–Kier alpha value is -3.77. The van der Waals surface area contributed by atoms with Crippen LogP contribution in [0, 0.1) is 0 Å². The molecule has 4 atom stereocenters. The standard InChI is InChI=1S/C32H36O11/c1-6-36-25-15-40-32(30(38-8-3)29(25)37-7-2)43-28-19-13-23(35-5)22(34-4)12-18(19)26(27-20(28)14-39-31(27)33)17-9-10-21-24(11-17)42-16-41-21/h9-13,25,29-30,32H,6-8,14-16H2,1-5H3/t25-,29+,30-,32+/m1/s1. The van der Waals surface area contributed by atoms with Crippen LogP contribution in [0.1, 0.15) is 36.7 Å². The first-order valence-corrected chi connectivity index (χ1v) is 14.5. The highest BCUT2D eigenvalue weighted by atomic mass is 16.7. The summed E-state index contributed by atoms with van der Waals surface area (Å²) in [6, 6.07) is 9.25. The van der Waals surface area contributed by atoms with Crippen LogP contribution in [-0.2, 0) is 30.3 Å². The summed E-state index contributed by atoms with van der Waals surface area (Å²) in [4.78, 5) is 13.4. The molecule has 1 saturated heterocycles. The molecule has 0 bridgehead atoms. The predicted molar refractivity (Wildman–Crippen MR) is 154 cm³/mol. The van der Waals surface area contributed by atoms with E-state index in [9.17, 15) is 4.79 Å². The van der Waals surface area contributed by atoms with Crippen LogP contribution in [-0.4, -0.2) is 78.0 Å². The van der Waals surface area contributed by atoms with E-state index in [1.807, 2.05) is 51.1 Å². The molecule has 43 heavy (non-hydrogen) atoms. The number of carbonyl (C=O) groups excluding carboxylic acids is 1. The van der Waals surface area contributed by atoms with Gasteiger partial charge in [-0.1, -0.05) is 6.07 Å². The van der Waals surface area contributed by atoms with Gasteiger partial charge in [0, 0.05) is 36.3 Å². The summed E-state index contributed by atoms with van der Waals surface area (Å²) in [5.41, 5.74) is 2.40. The first-order valence-electron chi connectivity index (χ1n) is 14.5. The van der Waals surface area contributed by atoms with Crippen LogP contribution in [0.2, 0.25) is 0 Å². The zero-order valence-electron chi connectivity index (χ0n) is 24.9. The Morgan fingerprint density at radius 1 is 0.791 bits per heavy atom. The van der Waals surface area contributed by atoms with Crippen molar-refractivity contribution in [3.05, 3.63) is 41.5 Å². The van der Waals surface area contributed by atoms with E-state index >= 15 is 0 Å². The van der Waals surface area contributed by atoms with Gasteiger partial charge in [-0.3, -0.25) is 0 Å². The van der Waals surface area contributed by atoms with Crippen LogP contribution >= 0.6 is 0 Å². The lowest BCUT2D eigenvalue weighted by atomic mass is 9.89. The van der Waals surface area contributed by atoms with Crippen molar-refractivity contribution >= 4 is 16.7 Å². The van der Waals surface area contributed by atoms with Crippen LogP contribution in [0.25, 0.3) is 21.9 Å². The molecule has 0 radical (unpaired) electrons. The number of fused-ring (bicyclic) bond motifs is 3. The molecule has 0 aliphatic carbocycles. The van der Waals surface area contributed by atoms with Crippen molar-refractivity contribution in [2.75, 3.05) is 47.4 Å². The minimum absolute atomic E-state index is 0.0216. The summed E-state index contributed by atoms with van der Waals surface area (Å²) in [6.07, 6.45) is -2.22. The minimum atomic E-state index is -0.860. The molecule has 3 heterocycles. The summed E-state index contributed by atoms with van der Waals surface area (Å²) >= 11 is 0. The van der Waals surface area contributed by atoms with Gasteiger partial charge in [-0.25, -0.2) is 4.79 Å². The molecular weight excluding hydrogens is 560 g/mol. The number of ether oxygens (including phenoxy) is 10. The van der Waals surface area contributed by atoms with Crippen molar-refractivity contribution in [1.82, 2.24) is 0 Å². The lowest BCUT2D eigenvalue weighted by Crippen LogP contribution is -2.58. The quantitative estimate of drug-likeness (QED) is 0.283. The average molecular weight is 597 g/mol. The Bertz CT molecular complexity index is 1500. The maximum atomic E-state index is 13.4. The number of methoxy groups -OCH3 is 2. The fourth-order valence-corrected chi connectivity index (χ4v) is 5.98. The van der Waals surface area contributed by atoms with Crippen LogP contribution in [0.5, 0.6) is 28.7 Å².